The molecule has 0 aliphatic rings. The van der Waals surface area contributed by atoms with E-state index in [4.69, 9.17) is 0 Å². The lowest BCUT2D eigenvalue weighted by Gasteiger charge is -2.09. The van der Waals surface area contributed by atoms with Gasteiger partial charge in [-0.15, -0.1) is 0 Å². The van der Waals surface area contributed by atoms with Crippen LogP contribution in [0.5, 0.6) is 0 Å². The lowest BCUT2D eigenvalue weighted by molar-refractivity contribution is -0.123. The molecule has 1 aromatic carbocycles. The van der Waals surface area contributed by atoms with E-state index >= 15 is 0 Å². The van der Waals surface area contributed by atoms with Crippen molar-refractivity contribution in [3.05, 3.63) is 41.1 Å². The zero-order chi connectivity index (χ0) is 14.9. The maximum atomic E-state index is 12.1. The summed E-state index contributed by atoms with van der Waals surface area (Å²) in [4.78, 5) is 16.0. The highest BCUT2D eigenvalue weighted by Gasteiger charge is 2.27. The van der Waals surface area contributed by atoms with E-state index < -0.39 is 18.6 Å². The van der Waals surface area contributed by atoms with Crippen molar-refractivity contribution >= 4 is 16.8 Å². The summed E-state index contributed by atoms with van der Waals surface area (Å²) in [5.41, 5.74) is 2.69. The topological polar surface area (TPSA) is 42.0 Å². The van der Waals surface area contributed by atoms with E-state index in [1.165, 1.54) is 6.07 Å². The molecule has 106 valence electrons. The third-order valence-corrected chi connectivity index (χ3v) is 2.86. The van der Waals surface area contributed by atoms with Gasteiger partial charge >= 0.3 is 6.18 Å². The number of rotatable bonds is 2. The highest BCUT2D eigenvalue weighted by Crippen LogP contribution is 2.19. The Kier molecular flexibility index (Phi) is 3.65. The molecule has 0 saturated heterocycles. The molecule has 6 heteroatoms. The van der Waals surface area contributed by atoms with Gasteiger partial charge in [-0.2, -0.15) is 13.2 Å². The number of carbonyl (C=O) groups is 1. The SMILES string of the molecule is Cc1cc(C)c2cc(C(=O)NCC(F)(F)F)ccc2n1. The van der Waals surface area contributed by atoms with Gasteiger partial charge in [0, 0.05) is 16.6 Å². The van der Waals surface area contributed by atoms with Gasteiger partial charge in [0.25, 0.3) is 5.91 Å². The third kappa shape index (κ3) is 3.26. The first kappa shape index (κ1) is 14.3. The van der Waals surface area contributed by atoms with E-state index in [-0.39, 0.29) is 5.56 Å². The summed E-state index contributed by atoms with van der Waals surface area (Å²) >= 11 is 0. The quantitative estimate of drug-likeness (QED) is 0.919. The van der Waals surface area contributed by atoms with Crippen LogP contribution in [0.1, 0.15) is 21.6 Å². The molecule has 0 bridgehead atoms. The van der Waals surface area contributed by atoms with Gasteiger partial charge in [0.15, 0.2) is 0 Å². The molecular formula is C14H13F3N2O. The molecular weight excluding hydrogens is 269 g/mol. The molecule has 0 radical (unpaired) electrons. The first-order valence-corrected chi connectivity index (χ1v) is 5.99. The number of aromatic nitrogens is 1. The van der Waals surface area contributed by atoms with Crippen LogP contribution in [-0.2, 0) is 0 Å². The van der Waals surface area contributed by atoms with Crippen LogP contribution in [0.25, 0.3) is 10.9 Å². The van der Waals surface area contributed by atoms with E-state index in [0.717, 1.165) is 22.2 Å². The fourth-order valence-corrected chi connectivity index (χ4v) is 1.99. The minimum atomic E-state index is -4.42. The van der Waals surface area contributed by atoms with E-state index in [9.17, 15) is 18.0 Å². The number of hydrogen-bond acceptors (Lipinski definition) is 2. The van der Waals surface area contributed by atoms with Gasteiger partial charge in [-0.3, -0.25) is 9.78 Å². The third-order valence-electron chi connectivity index (χ3n) is 2.86. The molecule has 1 aromatic heterocycles. The van der Waals surface area contributed by atoms with Crippen molar-refractivity contribution in [2.45, 2.75) is 20.0 Å². The number of fused-ring (bicyclic) bond motifs is 1. The van der Waals surface area contributed by atoms with Crippen LogP contribution in [0, 0.1) is 13.8 Å². The number of aryl methyl sites for hydroxylation is 2. The molecule has 0 saturated carbocycles. The molecule has 2 aromatic rings. The Balaban J connectivity index is 2.30. The predicted molar refractivity (Wildman–Crippen MR) is 69.6 cm³/mol. The molecule has 0 spiro atoms. The maximum absolute atomic E-state index is 12.1. The largest absolute Gasteiger partial charge is 0.405 e. The first-order chi connectivity index (χ1) is 9.26. The lowest BCUT2D eigenvalue weighted by Crippen LogP contribution is -2.33. The van der Waals surface area contributed by atoms with Crippen LogP contribution in [0.2, 0.25) is 0 Å². The Morgan fingerprint density at radius 2 is 1.95 bits per heavy atom. The second kappa shape index (κ2) is 5.11. The van der Waals surface area contributed by atoms with Crippen molar-refractivity contribution in [2.75, 3.05) is 6.54 Å². The Hall–Kier alpha value is -2.11. The minimum absolute atomic E-state index is 0.190. The summed E-state index contributed by atoms with van der Waals surface area (Å²) in [7, 11) is 0. The fraction of sp³-hybridized carbons (Fsp3) is 0.286. The summed E-state index contributed by atoms with van der Waals surface area (Å²) in [5.74, 6) is -0.746. The van der Waals surface area contributed by atoms with Gasteiger partial charge in [-0.05, 0) is 43.7 Å². The predicted octanol–water partition coefficient (Wildman–Crippen LogP) is 3.14. The molecule has 1 heterocycles. The summed E-state index contributed by atoms with van der Waals surface area (Å²) in [6, 6.07) is 6.53. The zero-order valence-corrected chi connectivity index (χ0v) is 11.0. The molecule has 0 aliphatic heterocycles. The van der Waals surface area contributed by atoms with Crippen LogP contribution in [0.15, 0.2) is 24.3 Å². The van der Waals surface area contributed by atoms with Crippen molar-refractivity contribution in [2.24, 2.45) is 0 Å². The number of halogens is 3. The first-order valence-electron chi connectivity index (χ1n) is 5.99. The molecule has 1 amide bonds. The molecule has 3 nitrogen and oxygen atoms in total. The van der Waals surface area contributed by atoms with E-state index in [2.05, 4.69) is 4.98 Å². The standard InChI is InChI=1S/C14H13F3N2O/c1-8-5-9(2)19-12-4-3-10(6-11(8)12)13(20)18-7-14(15,16)17/h3-6H,7H2,1-2H3,(H,18,20). The van der Waals surface area contributed by atoms with E-state index in [1.54, 1.807) is 12.1 Å². The van der Waals surface area contributed by atoms with Crippen LogP contribution >= 0.6 is 0 Å². The van der Waals surface area contributed by atoms with Crippen molar-refractivity contribution < 1.29 is 18.0 Å². The number of benzene rings is 1. The van der Waals surface area contributed by atoms with Gasteiger partial charge < -0.3 is 5.32 Å². The normalized spacial score (nSPS) is 11.7. The minimum Gasteiger partial charge on any atom is -0.343 e. The van der Waals surface area contributed by atoms with E-state index in [0.29, 0.717) is 0 Å². The number of nitrogens with one attached hydrogen (secondary N) is 1. The Morgan fingerprint density at radius 3 is 2.60 bits per heavy atom. The average molecular weight is 282 g/mol. The number of carbonyl (C=O) groups excluding carboxylic acids is 1. The summed E-state index contributed by atoms with van der Waals surface area (Å²) in [6.07, 6.45) is -4.42. The van der Waals surface area contributed by atoms with Crippen LogP contribution < -0.4 is 5.32 Å². The van der Waals surface area contributed by atoms with Gasteiger partial charge in [0.05, 0.1) is 5.52 Å². The van der Waals surface area contributed by atoms with Crippen LogP contribution in [0.3, 0.4) is 0 Å². The second-order valence-electron chi connectivity index (χ2n) is 4.61. The summed E-state index contributed by atoms with van der Waals surface area (Å²) in [5, 5.41) is 2.61. The van der Waals surface area contributed by atoms with Crippen molar-refractivity contribution in [1.82, 2.24) is 10.3 Å². The molecule has 0 fully saturated rings. The highest BCUT2D eigenvalue weighted by atomic mass is 19.4. The van der Waals surface area contributed by atoms with Crippen molar-refractivity contribution in [3.63, 3.8) is 0 Å². The molecule has 20 heavy (non-hydrogen) atoms. The number of hydrogen-bond donors (Lipinski definition) is 1. The Morgan fingerprint density at radius 1 is 1.25 bits per heavy atom. The number of amides is 1. The van der Waals surface area contributed by atoms with Crippen LogP contribution in [0.4, 0.5) is 13.2 Å². The molecule has 0 aliphatic carbocycles. The average Bonchev–Trinajstić information content (AvgIpc) is 2.34. The van der Waals surface area contributed by atoms with Crippen molar-refractivity contribution in [3.8, 4) is 0 Å². The Labute approximate surface area is 113 Å². The molecule has 0 atom stereocenters. The molecule has 1 N–H and O–H groups in total. The number of nitrogens with zero attached hydrogens (tertiary/aromatic N) is 1. The smallest absolute Gasteiger partial charge is 0.343 e. The number of alkyl halides is 3. The zero-order valence-electron chi connectivity index (χ0n) is 11.0. The van der Waals surface area contributed by atoms with Crippen LogP contribution in [-0.4, -0.2) is 23.6 Å². The van der Waals surface area contributed by atoms with Gasteiger partial charge in [-0.25, -0.2) is 0 Å². The van der Waals surface area contributed by atoms with Gasteiger partial charge in [0.1, 0.15) is 6.54 Å². The Bertz CT molecular complexity index is 665. The maximum Gasteiger partial charge on any atom is 0.405 e. The highest BCUT2D eigenvalue weighted by molar-refractivity contribution is 5.98. The lowest BCUT2D eigenvalue weighted by atomic mass is 10.1. The van der Waals surface area contributed by atoms with Gasteiger partial charge in [-0.1, -0.05) is 0 Å². The summed E-state index contributed by atoms with van der Waals surface area (Å²) < 4.78 is 36.2. The monoisotopic (exact) mass is 282 g/mol. The molecule has 0 unspecified atom stereocenters. The fourth-order valence-electron chi connectivity index (χ4n) is 1.99. The van der Waals surface area contributed by atoms with Gasteiger partial charge in [0.2, 0.25) is 0 Å². The van der Waals surface area contributed by atoms with Crippen molar-refractivity contribution in [1.29, 1.82) is 0 Å². The van der Waals surface area contributed by atoms with E-state index in [1.807, 2.05) is 25.2 Å². The summed E-state index contributed by atoms with van der Waals surface area (Å²) in [6.45, 7) is 2.39. The number of pyridine rings is 1. The molecule has 2 rings (SSSR count). The second-order valence-corrected chi connectivity index (χ2v) is 4.61.